The standard InChI is InChI=1S/C14H21NS/c1-3-11(2)16-14-7-5-4-6-12(14)10-15-13-8-9-13/h4-7,11,13,15H,3,8-10H2,1-2H3. The quantitative estimate of drug-likeness (QED) is 0.752. The fraction of sp³-hybridized carbons (Fsp3) is 0.571. The van der Waals surface area contributed by atoms with Gasteiger partial charge in [0.1, 0.15) is 0 Å². The van der Waals surface area contributed by atoms with E-state index in [0.717, 1.165) is 12.6 Å². The Hall–Kier alpha value is -0.470. The number of nitrogens with one attached hydrogen (secondary N) is 1. The van der Waals surface area contributed by atoms with E-state index in [2.05, 4.69) is 43.4 Å². The van der Waals surface area contributed by atoms with Crippen LogP contribution in [0.1, 0.15) is 38.7 Å². The molecule has 1 atom stereocenters. The van der Waals surface area contributed by atoms with Crippen LogP contribution in [0.5, 0.6) is 0 Å². The van der Waals surface area contributed by atoms with Crippen molar-refractivity contribution in [2.24, 2.45) is 0 Å². The highest BCUT2D eigenvalue weighted by atomic mass is 32.2. The second-order valence-electron chi connectivity index (χ2n) is 4.60. The zero-order valence-electron chi connectivity index (χ0n) is 10.2. The van der Waals surface area contributed by atoms with Crippen molar-refractivity contribution in [3.05, 3.63) is 29.8 Å². The molecule has 2 heteroatoms. The summed E-state index contributed by atoms with van der Waals surface area (Å²) in [6.07, 6.45) is 3.95. The van der Waals surface area contributed by atoms with Crippen molar-refractivity contribution in [2.75, 3.05) is 0 Å². The Kier molecular flexibility index (Phi) is 4.30. The van der Waals surface area contributed by atoms with Gasteiger partial charge in [0.2, 0.25) is 0 Å². The molecule has 1 aromatic carbocycles. The third-order valence-electron chi connectivity index (χ3n) is 3.03. The first-order valence-corrected chi connectivity index (χ1v) is 7.15. The SMILES string of the molecule is CCC(C)Sc1ccccc1CNC1CC1. The molecule has 0 saturated heterocycles. The summed E-state index contributed by atoms with van der Waals surface area (Å²) in [5, 5.41) is 4.30. The van der Waals surface area contributed by atoms with Crippen LogP contribution in [0.2, 0.25) is 0 Å². The Morgan fingerprint density at radius 3 is 2.81 bits per heavy atom. The minimum absolute atomic E-state index is 0.710. The van der Waals surface area contributed by atoms with E-state index in [1.165, 1.54) is 29.7 Å². The summed E-state index contributed by atoms with van der Waals surface area (Å²) in [6.45, 7) is 5.59. The van der Waals surface area contributed by atoms with Crippen LogP contribution in [-0.2, 0) is 6.54 Å². The van der Waals surface area contributed by atoms with Crippen LogP contribution in [0, 0.1) is 0 Å². The van der Waals surface area contributed by atoms with E-state index in [9.17, 15) is 0 Å². The van der Waals surface area contributed by atoms with Gasteiger partial charge in [0.25, 0.3) is 0 Å². The maximum atomic E-state index is 3.59. The molecule has 0 radical (unpaired) electrons. The van der Waals surface area contributed by atoms with Gasteiger partial charge in [-0.1, -0.05) is 32.0 Å². The van der Waals surface area contributed by atoms with E-state index in [1.54, 1.807) is 0 Å². The van der Waals surface area contributed by atoms with Crippen LogP contribution in [-0.4, -0.2) is 11.3 Å². The Morgan fingerprint density at radius 2 is 2.12 bits per heavy atom. The zero-order chi connectivity index (χ0) is 11.4. The van der Waals surface area contributed by atoms with Crippen molar-refractivity contribution in [3.63, 3.8) is 0 Å². The van der Waals surface area contributed by atoms with Crippen LogP contribution < -0.4 is 5.32 Å². The molecule has 0 bridgehead atoms. The topological polar surface area (TPSA) is 12.0 Å². The third-order valence-corrected chi connectivity index (χ3v) is 4.42. The van der Waals surface area contributed by atoms with Gasteiger partial charge >= 0.3 is 0 Å². The number of thioether (sulfide) groups is 1. The summed E-state index contributed by atoms with van der Waals surface area (Å²) >= 11 is 2.00. The highest BCUT2D eigenvalue weighted by Gasteiger charge is 2.20. The lowest BCUT2D eigenvalue weighted by Gasteiger charge is -2.13. The van der Waals surface area contributed by atoms with Gasteiger partial charge in [-0.25, -0.2) is 0 Å². The van der Waals surface area contributed by atoms with Crippen LogP contribution in [0.25, 0.3) is 0 Å². The van der Waals surface area contributed by atoms with Crippen molar-refractivity contribution in [1.82, 2.24) is 5.32 Å². The molecule has 16 heavy (non-hydrogen) atoms. The van der Waals surface area contributed by atoms with Crippen LogP contribution >= 0.6 is 11.8 Å². The van der Waals surface area contributed by atoms with Gasteiger partial charge in [-0.2, -0.15) is 0 Å². The number of hydrogen-bond acceptors (Lipinski definition) is 2. The first-order valence-electron chi connectivity index (χ1n) is 6.27. The molecular formula is C14H21NS. The zero-order valence-corrected chi connectivity index (χ0v) is 11.0. The second kappa shape index (κ2) is 5.74. The average molecular weight is 235 g/mol. The second-order valence-corrected chi connectivity index (χ2v) is 6.08. The van der Waals surface area contributed by atoms with E-state index < -0.39 is 0 Å². The average Bonchev–Trinajstić information content (AvgIpc) is 3.11. The fourth-order valence-electron chi connectivity index (χ4n) is 1.61. The van der Waals surface area contributed by atoms with E-state index in [-0.39, 0.29) is 0 Å². The molecule has 1 unspecified atom stereocenters. The molecule has 1 aromatic rings. The number of benzene rings is 1. The van der Waals surface area contributed by atoms with Gasteiger partial charge in [0.05, 0.1) is 0 Å². The van der Waals surface area contributed by atoms with Gasteiger partial charge in [-0.05, 0) is 30.9 Å². The molecular weight excluding hydrogens is 214 g/mol. The molecule has 1 fully saturated rings. The molecule has 0 heterocycles. The third kappa shape index (κ3) is 3.53. The van der Waals surface area contributed by atoms with Crippen molar-refractivity contribution in [3.8, 4) is 0 Å². The van der Waals surface area contributed by atoms with Crippen molar-refractivity contribution in [2.45, 2.75) is 55.8 Å². The molecule has 1 N–H and O–H groups in total. The van der Waals surface area contributed by atoms with Crippen LogP contribution in [0.4, 0.5) is 0 Å². The van der Waals surface area contributed by atoms with E-state index in [4.69, 9.17) is 0 Å². The maximum Gasteiger partial charge on any atom is 0.0219 e. The lowest BCUT2D eigenvalue weighted by molar-refractivity contribution is 0.680. The van der Waals surface area contributed by atoms with Crippen molar-refractivity contribution < 1.29 is 0 Å². The Bertz CT molecular complexity index is 333. The van der Waals surface area contributed by atoms with Gasteiger partial charge in [-0.15, -0.1) is 11.8 Å². The lowest BCUT2D eigenvalue weighted by Crippen LogP contribution is -2.15. The molecule has 1 saturated carbocycles. The Balaban J connectivity index is 1.97. The summed E-state index contributed by atoms with van der Waals surface area (Å²) in [7, 11) is 0. The molecule has 1 aliphatic rings. The van der Waals surface area contributed by atoms with E-state index in [0.29, 0.717) is 5.25 Å². The van der Waals surface area contributed by atoms with Crippen LogP contribution in [0.3, 0.4) is 0 Å². The Labute approximate surface area is 103 Å². The summed E-state index contributed by atoms with van der Waals surface area (Å²) in [4.78, 5) is 1.45. The van der Waals surface area contributed by atoms with Crippen molar-refractivity contribution >= 4 is 11.8 Å². The van der Waals surface area contributed by atoms with E-state index >= 15 is 0 Å². The molecule has 1 aliphatic carbocycles. The normalized spacial score (nSPS) is 17.4. The smallest absolute Gasteiger partial charge is 0.0219 e. The highest BCUT2D eigenvalue weighted by molar-refractivity contribution is 8.00. The first-order chi connectivity index (χ1) is 7.79. The summed E-state index contributed by atoms with van der Waals surface area (Å²) in [6, 6.07) is 9.58. The fourth-order valence-corrected chi connectivity index (χ4v) is 2.66. The molecule has 0 aromatic heterocycles. The van der Waals surface area contributed by atoms with Gasteiger partial charge < -0.3 is 5.32 Å². The van der Waals surface area contributed by atoms with E-state index in [1.807, 2.05) is 11.8 Å². The minimum Gasteiger partial charge on any atom is -0.310 e. The minimum atomic E-state index is 0.710. The summed E-state index contributed by atoms with van der Waals surface area (Å²) in [5.74, 6) is 0. The number of rotatable bonds is 6. The largest absolute Gasteiger partial charge is 0.310 e. The number of hydrogen-bond donors (Lipinski definition) is 1. The maximum absolute atomic E-state index is 3.59. The van der Waals surface area contributed by atoms with Gasteiger partial charge in [-0.3, -0.25) is 0 Å². The first kappa shape index (κ1) is 12.0. The highest BCUT2D eigenvalue weighted by Crippen LogP contribution is 2.29. The lowest BCUT2D eigenvalue weighted by atomic mass is 10.2. The molecule has 0 spiro atoms. The molecule has 0 amide bonds. The summed E-state index contributed by atoms with van der Waals surface area (Å²) < 4.78 is 0. The molecule has 2 rings (SSSR count). The summed E-state index contributed by atoms with van der Waals surface area (Å²) in [5.41, 5.74) is 1.46. The predicted molar refractivity (Wildman–Crippen MR) is 71.9 cm³/mol. The molecule has 0 aliphatic heterocycles. The molecule has 88 valence electrons. The monoisotopic (exact) mass is 235 g/mol. The van der Waals surface area contributed by atoms with Gasteiger partial charge in [0.15, 0.2) is 0 Å². The van der Waals surface area contributed by atoms with Gasteiger partial charge in [0, 0.05) is 22.7 Å². The Morgan fingerprint density at radius 1 is 1.38 bits per heavy atom. The predicted octanol–water partition coefficient (Wildman–Crippen LogP) is 3.83. The van der Waals surface area contributed by atoms with Crippen molar-refractivity contribution in [1.29, 1.82) is 0 Å². The molecule has 1 nitrogen and oxygen atoms in total. The van der Waals surface area contributed by atoms with Crippen LogP contribution in [0.15, 0.2) is 29.2 Å².